The third-order valence-corrected chi connectivity index (χ3v) is 7.45. The second kappa shape index (κ2) is 14.4. The van der Waals surface area contributed by atoms with E-state index in [1.54, 1.807) is 28.4 Å². The number of aliphatic hydroxyl groups is 1. The molecule has 0 bridgehead atoms. The lowest BCUT2D eigenvalue weighted by atomic mass is 9.69. The summed E-state index contributed by atoms with van der Waals surface area (Å²) >= 11 is 0. The van der Waals surface area contributed by atoms with Crippen molar-refractivity contribution < 1.29 is 28.8 Å². The summed E-state index contributed by atoms with van der Waals surface area (Å²) in [6.45, 7) is 5.81. The number of aliphatic hydroxyl groups excluding tert-OH is 1. The van der Waals surface area contributed by atoms with Crippen LogP contribution in [0.25, 0.3) is 0 Å². The van der Waals surface area contributed by atoms with Crippen molar-refractivity contribution in [2.75, 3.05) is 55.7 Å². The number of allylic oxidation sites excluding steroid dienone is 1. The van der Waals surface area contributed by atoms with E-state index >= 15 is 0 Å². The van der Waals surface area contributed by atoms with E-state index in [-0.39, 0.29) is 12.0 Å². The number of hydrogen-bond acceptors (Lipinski definition) is 8. The predicted molar refractivity (Wildman–Crippen MR) is 144 cm³/mol. The van der Waals surface area contributed by atoms with Crippen LogP contribution in [0.2, 0.25) is 0 Å². The van der Waals surface area contributed by atoms with Gasteiger partial charge in [-0.05, 0) is 73.7 Å². The Balaban J connectivity index is 2.10. The first kappa shape index (κ1) is 30.7. The Labute approximate surface area is 222 Å². The van der Waals surface area contributed by atoms with Crippen LogP contribution in [0.5, 0.6) is 11.5 Å². The highest BCUT2D eigenvalue weighted by Crippen LogP contribution is 2.40. The Bertz CT molecular complexity index is 983. The molecule has 1 aromatic rings. The van der Waals surface area contributed by atoms with Crippen molar-refractivity contribution >= 4 is 0 Å². The van der Waals surface area contributed by atoms with Gasteiger partial charge in [-0.3, -0.25) is 0 Å². The molecule has 0 aromatic heterocycles. The molecule has 1 aliphatic rings. The smallest absolute Gasteiger partial charge is 0.177 e. The fourth-order valence-corrected chi connectivity index (χ4v) is 4.99. The monoisotopic (exact) mass is 516 g/mol. The first-order valence-electron chi connectivity index (χ1n) is 12.7. The van der Waals surface area contributed by atoms with Crippen LogP contribution in [0.15, 0.2) is 41.2 Å². The number of methoxy groups -OCH3 is 5. The number of nitriles is 1. The van der Waals surface area contributed by atoms with E-state index in [1.165, 1.54) is 7.11 Å². The largest absolute Gasteiger partial charge is 0.498 e. The third kappa shape index (κ3) is 7.26. The molecule has 0 saturated heterocycles. The normalized spacial score (nSPS) is 18.3. The van der Waals surface area contributed by atoms with E-state index < -0.39 is 11.7 Å². The summed E-state index contributed by atoms with van der Waals surface area (Å²) in [4.78, 5) is 2.25. The Kier molecular flexibility index (Phi) is 11.9. The van der Waals surface area contributed by atoms with Crippen LogP contribution in [-0.4, -0.2) is 78.1 Å². The van der Waals surface area contributed by atoms with Crippen molar-refractivity contribution in [2.45, 2.75) is 57.3 Å². The molecule has 206 valence electrons. The SMILES string of the molecule is COC1=CC(CCN(C)CCC[C@@](C#N)(c2ccc(OC)c(OC)c2)C(C)C)=C(C(O)OC)CC1OC. The molecule has 0 fully saturated rings. The van der Waals surface area contributed by atoms with Crippen molar-refractivity contribution in [3.63, 3.8) is 0 Å². The van der Waals surface area contributed by atoms with E-state index in [4.69, 9.17) is 23.7 Å². The van der Waals surface area contributed by atoms with E-state index in [2.05, 4.69) is 31.9 Å². The number of rotatable bonds is 15. The summed E-state index contributed by atoms with van der Waals surface area (Å²) in [6.07, 6.45) is 3.58. The zero-order valence-electron chi connectivity index (χ0n) is 23.7. The average molecular weight is 517 g/mol. The molecule has 0 spiro atoms. The van der Waals surface area contributed by atoms with Crippen molar-refractivity contribution in [1.82, 2.24) is 4.90 Å². The summed E-state index contributed by atoms with van der Waals surface area (Å²) in [5.41, 5.74) is 2.14. The molecule has 8 heteroatoms. The minimum Gasteiger partial charge on any atom is -0.498 e. The summed E-state index contributed by atoms with van der Waals surface area (Å²) in [6, 6.07) is 8.39. The summed E-state index contributed by atoms with van der Waals surface area (Å²) < 4.78 is 27.1. The second-order valence-corrected chi connectivity index (χ2v) is 9.78. The van der Waals surface area contributed by atoms with Gasteiger partial charge in [0.25, 0.3) is 0 Å². The van der Waals surface area contributed by atoms with Gasteiger partial charge in [0.05, 0.1) is 32.8 Å². The Morgan fingerprint density at radius 1 is 1.08 bits per heavy atom. The fraction of sp³-hybridized carbons (Fsp3) is 0.621. The van der Waals surface area contributed by atoms with Crippen LogP contribution >= 0.6 is 0 Å². The molecule has 3 atom stereocenters. The van der Waals surface area contributed by atoms with E-state index in [0.29, 0.717) is 17.9 Å². The van der Waals surface area contributed by atoms with Crippen LogP contribution in [-0.2, 0) is 19.6 Å². The van der Waals surface area contributed by atoms with Gasteiger partial charge in [0.15, 0.2) is 17.8 Å². The Morgan fingerprint density at radius 2 is 1.78 bits per heavy atom. The molecule has 0 heterocycles. The van der Waals surface area contributed by atoms with Gasteiger partial charge in [-0.25, -0.2) is 0 Å². The van der Waals surface area contributed by atoms with Gasteiger partial charge in [-0.1, -0.05) is 19.9 Å². The topological polar surface area (TPSA) is 93.4 Å². The number of benzene rings is 1. The maximum absolute atomic E-state index is 10.4. The Hall–Kier alpha value is -2.57. The highest BCUT2D eigenvalue weighted by atomic mass is 16.6. The third-order valence-electron chi connectivity index (χ3n) is 7.45. The first-order valence-corrected chi connectivity index (χ1v) is 12.7. The Morgan fingerprint density at radius 3 is 2.32 bits per heavy atom. The van der Waals surface area contributed by atoms with Crippen molar-refractivity contribution in [2.24, 2.45) is 5.92 Å². The number of nitrogens with zero attached hydrogens (tertiary/aromatic N) is 2. The highest BCUT2D eigenvalue weighted by molar-refractivity contribution is 5.47. The molecule has 1 aliphatic carbocycles. The van der Waals surface area contributed by atoms with Gasteiger partial charge in [-0.15, -0.1) is 0 Å². The molecule has 37 heavy (non-hydrogen) atoms. The van der Waals surface area contributed by atoms with Gasteiger partial charge >= 0.3 is 0 Å². The molecule has 1 aromatic carbocycles. The average Bonchev–Trinajstić information content (AvgIpc) is 2.92. The molecule has 2 unspecified atom stereocenters. The molecule has 0 saturated carbocycles. The second-order valence-electron chi connectivity index (χ2n) is 9.78. The lowest BCUT2D eigenvalue weighted by molar-refractivity contribution is -0.0527. The maximum Gasteiger partial charge on any atom is 0.177 e. The van der Waals surface area contributed by atoms with E-state index in [1.807, 2.05) is 24.3 Å². The molecule has 0 amide bonds. The van der Waals surface area contributed by atoms with Gasteiger partial charge in [-0.2, -0.15) is 5.26 Å². The molecule has 0 radical (unpaired) electrons. The summed E-state index contributed by atoms with van der Waals surface area (Å²) in [5.74, 6) is 2.15. The molecule has 8 nitrogen and oxygen atoms in total. The standard InChI is InChI=1S/C29H44N2O6/c1-20(2)29(19-30,22-10-11-24(33-4)26(17-22)35-6)13-9-14-31(3)15-12-21-16-25(34-5)27(36-7)18-23(21)28(32)37-8/h10-11,16-17,20,27-28,32H,9,12-15,18H2,1-8H3/t27?,28?,29-/m0/s1. The summed E-state index contributed by atoms with van der Waals surface area (Å²) in [7, 11) is 10.1. The fourth-order valence-electron chi connectivity index (χ4n) is 4.99. The zero-order valence-corrected chi connectivity index (χ0v) is 23.7. The zero-order chi connectivity index (χ0) is 27.6. The van der Waals surface area contributed by atoms with Crippen molar-refractivity contribution in [3.05, 3.63) is 46.7 Å². The molecular weight excluding hydrogens is 472 g/mol. The minimum absolute atomic E-state index is 0.123. The van der Waals surface area contributed by atoms with Crippen LogP contribution in [0, 0.1) is 17.2 Å². The van der Waals surface area contributed by atoms with Gasteiger partial charge < -0.3 is 33.7 Å². The maximum atomic E-state index is 10.4. The highest BCUT2D eigenvalue weighted by Gasteiger charge is 2.36. The van der Waals surface area contributed by atoms with Gasteiger partial charge in [0, 0.05) is 27.2 Å². The molecule has 2 rings (SSSR count). The van der Waals surface area contributed by atoms with Gasteiger partial charge in [0.2, 0.25) is 0 Å². The number of ether oxygens (including phenoxy) is 5. The molecule has 0 aliphatic heterocycles. The van der Waals surface area contributed by atoms with Gasteiger partial charge in [0.1, 0.15) is 11.9 Å². The lowest BCUT2D eigenvalue weighted by Crippen LogP contribution is -2.32. The first-order chi connectivity index (χ1) is 17.7. The molecular formula is C29H44N2O6. The predicted octanol–water partition coefficient (Wildman–Crippen LogP) is 4.43. The van der Waals surface area contributed by atoms with E-state index in [9.17, 15) is 10.4 Å². The lowest BCUT2D eigenvalue weighted by Gasteiger charge is -2.32. The quantitative estimate of drug-likeness (QED) is 0.342. The van der Waals surface area contributed by atoms with E-state index in [0.717, 1.165) is 54.8 Å². The van der Waals surface area contributed by atoms with Crippen LogP contribution in [0.4, 0.5) is 0 Å². The van der Waals surface area contributed by atoms with Crippen LogP contribution in [0.3, 0.4) is 0 Å². The van der Waals surface area contributed by atoms with Crippen LogP contribution < -0.4 is 9.47 Å². The minimum atomic E-state index is -0.976. The molecule has 1 N–H and O–H groups in total. The summed E-state index contributed by atoms with van der Waals surface area (Å²) in [5, 5.41) is 20.7. The van der Waals surface area contributed by atoms with Crippen molar-refractivity contribution in [1.29, 1.82) is 5.26 Å². The number of hydrogen-bond donors (Lipinski definition) is 1. The van der Waals surface area contributed by atoms with Crippen molar-refractivity contribution in [3.8, 4) is 17.6 Å². The van der Waals surface area contributed by atoms with Crippen LogP contribution in [0.1, 0.15) is 45.1 Å².